The second kappa shape index (κ2) is 5.57. The van der Waals surface area contributed by atoms with E-state index >= 15 is 0 Å². The Hall–Kier alpha value is -1.27. The monoisotopic (exact) mass is 206 g/mol. The number of aryl methyl sites for hydroxylation is 2. The standard InChI is InChI=1S/C12H18N2O/c1-5-7-11(6-2)13-8-12-9(3)14-15-10(12)4/h1,11,13H,6-8H2,2-4H3. The topological polar surface area (TPSA) is 38.1 Å². The van der Waals surface area contributed by atoms with Gasteiger partial charge in [0.2, 0.25) is 0 Å². The molecule has 0 saturated carbocycles. The van der Waals surface area contributed by atoms with Gasteiger partial charge in [0.05, 0.1) is 5.69 Å². The second-order valence-electron chi connectivity index (χ2n) is 3.70. The molecule has 15 heavy (non-hydrogen) atoms. The highest BCUT2D eigenvalue weighted by molar-refractivity contribution is 5.20. The van der Waals surface area contributed by atoms with Crippen molar-refractivity contribution in [2.75, 3.05) is 0 Å². The van der Waals surface area contributed by atoms with Gasteiger partial charge in [0.15, 0.2) is 0 Å². The summed E-state index contributed by atoms with van der Waals surface area (Å²) < 4.78 is 5.09. The van der Waals surface area contributed by atoms with Crippen molar-refractivity contribution >= 4 is 0 Å². The second-order valence-corrected chi connectivity index (χ2v) is 3.70. The molecule has 1 heterocycles. The normalized spacial score (nSPS) is 12.4. The molecule has 0 aliphatic carbocycles. The fourth-order valence-electron chi connectivity index (χ4n) is 1.50. The largest absolute Gasteiger partial charge is 0.361 e. The molecule has 0 amide bonds. The first-order chi connectivity index (χ1) is 7.19. The van der Waals surface area contributed by atoms with Crippen LogP contribution >= 0.6 is 0 Å². The van der Waals surface area contributed by atoms with Crippen molar-refractivity contribution in [2.45, 2.75) is 46.2 Å². The van der Waals surface area contributed by atoms with Gasteiger partial charge < -0.3 is 9.84 Å². The van der Waals surface area contributed by atoms with E-state index in [0.717, 1.165) is 36.4 Å². The molecule has 3 heteroatoms. The number of rotatable bonds is 5. The van der Waals surface area contributed by atoms with Crippen LogP contribution in [-0.2, 0) is 6.54 Å². The van der Waals surface area contributed by atoms with E-state index in [4.69, 9.17) is 10.9 Å². The molecule has 3 nitrogen and oxygen atoms in total. The van der Waals surface area contributed by atoms with Gasteiger partial charge in [0.25, 0.3) is 0 Å². The summed E-state index contributed by atoms with van der Waals surface area (Å²) in [6.45, 7) is 6.79. The van der Waals surface area contributed by atoms with Gasteiger partial charge in [0, 0.05) is 24.6 Å². The minimum atomic E-state index is 0.378. The molecule has 1 unspecified atom stereocenters. The molecular formula is C12H18N2O. The van der Waals surface area contributed by atoms with Crippen molar-refractivity contribution in [2.24, 2.45) is 0 Å². The van der Waals surface area contributed by atoms with Crippen molar-refractivity contribution in [3.05, 3.63) is 17.0 Å². The molecule has 0 saturated heterocycles. The number of aromatic nitrogens is 1. The number of nitrogens with one attached hydrogen (secondary N) is 1. The first-order valence-electron chi connectivity index (χ1n) is 5.27. The molecule has 0 fully saturated rings. The summed E-state index contributed by atoms with van der Waals surface area (Å²) in [7, 11) is 0. The van der Waals surface area contributed by atoms with Gasteiger partial charge in [-0.15, -0.1) is 12.3 Å². The molecule has 0 aliphatic heterocycles. The minimum Gasteiger partial charge on any atom is -0.361 e. The van der Waals surface area contributed by atoms with Crippen molar-refractivity contribution in [1.29, 1.82) is 0 Å². The number of hydrogen-bond acceptors (Lipinski definition) is 3. The molecule has 0 radical (unpaired) electrons. The van der Waals surface area contributed by atoms with Gasteiger partial charge in [-0.3, -0.25) is 0 Å². The van der Waals surface area contributed by atoms with Crippen molar-refractivity contribution in [3.8, 4) is 12.3 Å². The number of nitrogens with zero attached hydrogens (tertiary/aromatic N) is 1. The quantitative estimate of drug-likeness (QED) is 0.750. The zero-order chi connectivity index (χ0) is 11.3. The lowest BCUT2D eigenvalue weighted by molar-refractivity contribution is 0.391. The Bertz CT molecular complexity index is 329. The first kappa shape index (κ1) is 11.8. The number of terminal acetylenes is 1. The summed E-state index contributed by atoms with van der Waals surface area (Å²) in [6.07, 6.45) is 7.09. The lowest BCUT2D eigenvalue weighted by Crippen LogP contribution is -2.27. The molecular weight excluding hydrogens is 188 g/mol. The average Bonchev–Trinajstić information content (AvgIpc) is 2.54. The fourth-order valence-corrected chi connectivity index (χ4v) is 1.50. The fraction of sp³-hybridized carbons (Fsp3) is 0.583. The maximum atomic E-state index is 5.29. The average molecular weight is 206 g/mol. The predicted octanol–water partition coefficient (Wildman–Crippen LogP) is 2.18. The van der Waals surface area contributed by atoms with Crippen molar-refractivity contribution < 1.29 is 4.52 Å². The summed E-state index contributed by atoms with van der Waals surface area (Å²) in [5.41, 5.74) is 2.10. The van der Waals surface area contributed by atoms with Crippen molar-refractivity contribution in [3.63, 3.8) is 0 Å². The zero-order valence-electron chi connectivity index (χ0n) is 9.63. The Morgan fingerprint density at radius 3 is 2.73 bits per heavy atom. The molecule has 1 rings (SSSR count). The molecule has 82 valence electrons. The van der Waals surface area contributed by atoms with Crippen LogP contribution in [0.15, 0.2) is 4.52 Å². The minimum absolute atomic E-state index is 0.378. The lowest BCUT2D eigenvalue weighted by atomic mass is 10.1. The van der Waals surface area contributed by atoms with Crippen LogP contribution in [0.1, 0.15) is 36.8 Å². The van der Waals surface area contributed by atoms with E-state index in [1.165, 1.54) is 0 Å². The van der Waals surface area contributed by atoms with E-state index in [0.29, 0.717) is 6.04 Å². The highest BCUT2D eigenvalue weighted by atomic mass is 16.5. The Morgan fingerprint density at radius 2 is 2.27 bits per heavy atom. The molecule has 1 aromatic rings. The van der Waals surface area contributed by atoms with Crippen molar-refractivity contribution in [1.82, 2.24) is 10.5 Å². The summed E-state index contributed by atoms with van der Waals surface area (Å²) in [5.74, 6) is 3.56. The zero-order valence-corrected chi connectivity index (χ0v) is 9.63. The molecule has 1 N–H and O–H groups in total. The third kappa shape index (κ3) is 3.10. The SMILES string of the molecule is C#CCC(CC)NCc1c(C)noc1C. The van der Waals surface area contributed by atoms with E-state index in [1.54, 1.807) is 0 Å². The van der Waals surface area contributed by atoms with Crippen LogP contribution < -0.4 is 5.32 Å². The molecule has 0 bridgehead atoms. The Kier molecular flexibility index (Phi) is 4.38. The summed E-state index contributed by atoms with van der Waals surface area (Å²) in [4.78, 5) is 0. The Morgan fingerprint density at radius 1 is 1.53 bits per heavy atom. The van der Waals surface area contributed by atoms with Crippen LogP contribution in [0, 0.1) is 26.2 Å². The molecule has 0 aromatic carbocycles. The molecule has 0 spiro atoms. The summed E-state index contributed by atoms with van der Waals surface area (Å²) in [5, 5.41) is 7.32. The lowest BCUT2D eigenvalue weighted by Gasteiger charge is -2.13. The Labute approximate surface area is 91.2 Å². The molecule has 1 aromatic heterocycles. The van der Waals surface area contributed by atoms with Gasteiger partial charge >= 0.3 is 0 Å². The third-order valence-electron chi connectivity index (χ3n) is 2.61. The van der Waals surface area contributed by atoms with E-state index < -0.39 is 0 Å². The number of hydrogen-bond donors (Lipinski definition) is 1. The van der Waals surface area contributed by atoms with Crippen LogP contribution in [0.5, 0.6) is 0 Å². The third-order valence-corrected chi connectivity index (χ3v) is 2.61. The van der Waals surface area contributed by atoms with Gasteiger partial charge in [-0.25, -0.2) is 0 Å². The highest BCUT2D eigenvalue weighted by Crippen LogP contribution is 2.12. The molecule has 1 atom stereocenters. The van der Waals surface area contributed by atoms with Crippen LogP contribution in [0.3, 0.4) is 0 Å². The maximum absolute atomic E-state index is 5.29. The van der Waals surface area contributed by atoms with Gasteiger partial charge in [-0.2, -0.15) is 0 Å². The maximum Gasteiger partial charge on any atom is 0.138 e. The summed E-state index contributed by atoms with van der Waals surface area (Å²) in [6, 6.07) is 0.378. The van der Waals surface area contributed by atoms with E-state index in [1.807, 2.05) is 13.8 Å². The van der Waals surface area contributed by atoms with Crippen LogP contribution in [0.4, 0.5) is 0 Å². The van der Waals surface area contributed by atoms with E-state index in [-0.39, 0.29) is 0 Å². The van der Waals surface area contributed by atoms with E-state index in [9.17, 15) is 0 Å². The van der Waals surface area contributed by atoms with Gasteiger partial charge in [-0.1, -0.05) is 12.1 Å². The van der Waals surface area contributed by atoms with Crippen LogP contribution in [0.25, 0.3) is 0 Å². The smallest absolute Gasteiger partial charge is 0.138 e. The van der Waals surface area contributed by atoms with Gasteiger partial charge in [0.1, 0.15) is 5.76 Å². The predicted molar refractivity (Wildman–Crippen MR) is 60.3 cm³/mol. The van der Waals surface area contributed by atoms with Crippen LogP contribution in [-0.4, -0.2) is 11.2 Å². The first-order valence-corrected chi connectivity index (χ1v) is 5.27. The van der Waals surface area contributed by atoms with Gasteiger partial charge in [-0.05, 0) is 20.3 Å². The highest BCUT2D eigenvalue weighted by Gasteiger charge is 2.10. The van der Waals surface area contributed by atoms with Crippen LogP contribution in [0.2, 0.25) is 0 Å². The van der Waals surface area contributed by atoms with E-state index in [2.05, 4.69) is 23.3 Å². The summed E-state index contributed by atoms with van der Waals surface area (Å²) >= 11 is 0. The molecule has 0 aliphatic rings. The Balaban J connectivity index is 2.53.